The van der Waals surface area contributed by atoms with Gasteiger partial charge in [0.25, 0.3) is 11.5 Å². The average Bonchev–Trinajstić information content (AvgIpc) is 3.34. The first-order chi connectivity index (χ1) is 17.9. The number of ether oxygens (including phenoxy) is 1. The molecule has 2 aliphatic heterocycles. The molecule has 0 spiro atoms. The van der Waals surface area contributed by atoms with Crippen molar-refractivity contribution in [3.8, 4) is 0 Å². The zero-order valence-corrected chi connectivity index (χ0v) is 22.4. The summed E-state index contributed by atoms with van der Waals surface area (Å²) in [6.07, 6.45) is 1.80. The van der Waals surface area contributed by atoms with Crippen LogP contribution in [0, 0.1) is 0 Å². The highest BCUT2D eigenvalue weighted by Crippen LogP contribution is 2.36. The Morgan fingerprint density at radius 3 is 2.54 bits per heavy atom. The zero-order chi connectivity index (χ0) is 26.3. The summed E-state index contributed by atoms with van der Waals surface area (Å²) < 4.78 is 7.16. The highest BCUT2D eigenvalue weighted by atomic mass is 35.5. The molecule has 0 saturated carbocycles. The quantitative estimate of drug-likeness (QED) is 0.447. The van der Waals surface area contributed by atoms with Crippen LogP contribution in [0.1, 0.15) is 50.8 Å². The van der Waals surface area contributed by atoms with Crippen LogP contribution < -0.4 is 19.8 Å². The van der Waals surface area contributed by atoms with Gasteiger partial charge < -0.3 is 9.64 Å². The maximum Gasteiger partial charge on any atom is 0.338 e. The average molecular weight is 536 g/mol. The van der Waals surface area contributed by atoms with E-state index in [1.807, 2.05) is 24.3 Å². The van der Waals surface area contributed by atoms with Crippen LogP contribution >= 0.6 is 22.9 Å². The first-order valence-electron chi connectivity index (χ1n) is 12.3. The number of carbonyl (C=O) groups excluding carboxylic acids is 2. The Hall–Kier alpha value is -3.49. The highest BCUT2D eigenvalue weighted by molar-refractivity contribution is 7.07. The van der Waals surface area contributed by atoms with Crippen molar-refractivity contribution in [2.45, 2.75) is 39.7 Å². The number of halogens is 1. The van der Waals surface area contributed by atoms with Gasteiger partial charge in [0.15, 0.2) is 4.80 Å². The van der Waals surface area contributed by atoms with Crippen molar-refractivity contribution in [3.05, 3.63) is 95.6 Å². The minimum absolute atomic E-state index is 0.190. The molecule has 190 valence electrons. The monoisotopic (exact) mass is 535 g/mol. The second-order valence-electron chi connectivity index (χ2n) is 8.88. The molecule has 1 unspecified atom stereocenters. The molecule has 2 aliphatic rings. The van der Waals surface area contributed by atoms with Gasteiger partial charge in [-0.3, -0.25) is 14.2 Å². The number of para-hydroxylation sites is 1. The first-order valence-corrected chi connectivity index (χ1v) is 13.5. The third kappa shape index (κ3) is 4.24. The van der Waals surface area contributed by atoms with E-state index in [1.54, 1.807) is 43.0 Å². The Bertz CT molecular complexity index is 1620. The second kappa shape index (κ2) is 10.1. The number of allylic oxidation sites excluding steroid dienone is 1. The molecule has 0 aliphatic carbocycles. The normalized spacial score (nSPS) is 18.0. The standard InChI is InChI=1S/C28H26ClN3O4S/c1-4-6-15-31-20-10-8-7-9-19(20)22(25(31)33)24-26(34)32-23(17-11-13-18(29)14-12-17)21(27(35)36-5-2)16(3)30-28(32)37-24/h7-14,23H,4-6,15H2,1-3H3. The number of amides is 1. The van der Waals surface area contributed by atoms with E-state index in [0.29, 0.717) is 37.7 Å². The number of carbonyl (C=O) groups is 2. The van der Waals surface area contributed by atoms with Gasteiger partial charge in [0.2, 0.25) is 0 Å². The van der Waals surface area contributed by atoms with Crippen LogP contribution in [0.3, 0.4) is 0 Å². The fraction of sp³-hybridized carbons (Fsp3) is 0.286. The molecule has 0 bridgehead atoms. The van der Waals surface area contributed by atoms with Crippen LogP contribution in [0.2, 0.25) is 5.02 Å². The number of esters is 1. The third-order valence-corrected chi connectivity index (χ3v) is 7.87. The molecular formula is C28H26ClN3O4S. The highest BCUT2D eigenvalue weighted by Gasteiger charge is 2.37. The fourth-order valence-electron chi connectivity index (χ4n) is 4.84. The Kier molecular flexibility index (Phi) is 6.88. The molecule has 3 heterocycles. The van der Waals surface area contributed by atoms with Crippen molar-refractivity contribution in [2.75, 3.05) is 18.1 Å². The van der Waals surface area contributed by atoms with Gasteiger partial charge in [-0.25, -0.2) is 9.79 Å². The maximum absolute atomic E-state index is 14.1. The number of thiazole rings is 1. The van der Waals surface area contributed by atoms with E-state index >= 15 is 0 Å². The number of aromatic nitrogens is 1. The Morgan fingerprint density at radius 2 is 1.84 bits per heavy atom. The molecule has 2 aromatic carbocycles. The number of hydrogen-bond donors (Lipinski definition) is 0. The van der Waals surface area contributed by atoms with Crippen molar-refractivity contribution in [1.29, 1.82) is 0 Å². The predicted molar refractivity (Wildman–Crippen MR) is 144 cm³/mol. The lowest BCUT2D eigenvalue weighted by Crippen LogP contribution is -2.41. The minimum Gasteiger partial charge on any atom is -0.463 e. The van der Waals surface area contributed by atoms with E-state index in [-0.39, 0.29) is 23.6 Å². The van der Waals surface area contributed by atoms with Gasteiger partial charge in [-0.05, 0) is 44.0 Å². The molecule has 37 heavy (non-hydrogen) atoms. The number of rotatable bonds is 6. The number of anilines is 1. The van der Waals surface area contributed by atoms with E-state index in [4.69, 9.17) is 16.3 Å². The molecule has 0 fully saturated rings. The van der Waals surface area contributed by atoms with E-state index in [1.165, 1.54) is 15.9 Å². The van der Waals surface area contributed by atoms with E-state index in [0.717, 1.165) is 24.1 Å². The number of unbranched alkanes of at least 4 members (excludes halogenated alkanes) is 1. The molecule has 0 radical (unpaired) electrons. The van der Waals surface area contributed by atoms with Crippen LogP contribution in [-0.4, -0.2) is 29.6 Å². The zero-order valence-electron chi connectivity index (χ0n) is 20.8. The lowest BCUT2D eigenvalue weighted by atomic mass is 9.96. The molecule has 9 heteroatoms. The summed E-state index contributed by atoms with van der Waals surface area (Å²) in [6, 6.07) is 13.8. The Labute approximate surface area is 223 Å². The number of hydrogen-bond acceptors (Lipinski definition) is 6. The van der Waals surface area contributed by atoms with Crippen molar-refractivity contribution >= 4 is 46.1 Å². The molecular weight excluding hydrogens is 510 g/mol. The van der Waals surface area contributed by atoms with Crippen molar-refractivity contribution in [2.24, 2.45) is 4.99 Å². The summed E-state index contributed by atoms with van der Waals surface area (Å²) in [5.74, 6) is -0.723. The molecule has 7 nitrogen and oxygen atoms in total. The summed E-state index contributed by atoms with van der Waals surface area (Å²) in [5.41, 5.74) is 3.01. The van der Waals surface area contributed by atoms with Gasteiger partial charge in [-0.15, -0.1) is 0 Å². The largest absolute Gasteiger partial charge is 0.463 e. The second-order valence-corrected chi connectivity index (χ2v) is 10.3. The topological polar surface area (TPSA) is 81.0 Å². The van der Waals surface area contributed by atoms with Gasteiger partial charge in [0.05, 0.1) is 35.2 Å². The van der Waals surface area contributed by atoms with Gasteiger partial charge >= 0.3 is 5.97 Å². The van der Waals surface area contributed by atoms with Crippen molar-refractivity contribution in [3.63, 3.8) is 0 Å². The van der Waals surface area contributed by atoms with Crippen LogP contribution in [0.4, 0.5) is 5.69 Å². The lowest BCUT2D eigenvalue weighted by molar-refractivity contribution is -0.139. The SMILES string of the molecule is CCCCN1C(=O)C(=c2sc3n(c2=O)C(c2ccc(Cl)cc2)C(C(=O)OCC)=C(C)N=3)c2ccccc21. The van der Waals surface area contributed by atoms with E-state index in [2.05, 4.69) is 11.9 Å². The Morgan fingerprint density at radius 1 is 1.11 bits per heavy atom. The maximum atomic E-state index is 14.1. The Balaban J connectivity index is 1.78. The predicted octanol–water partition coefficient (Wildman–Crippen LogP) is 3.97. The molecule has 1 aromatic heterocycles. The number of nitrogens with zero attached hydrogens (tertiary/aromatic N) is 3. The summed E-state index contributed by atoms with van der Waals surface area (Å²) in [5, 5.41) is 0.539. The molecule has 1 atom stereocenters. The van der Waals surface area contributed by atoms with Crippen LogP contribution in [0.5, 0.6) is 0 Å². The summed E-state index contributed by atoms with van der Waals surface area (Å²) >= 11 is 7.30. The minimum atomic E-state index is -0.759. The molecule has 3 aromatic rings. The van der Waals surface area contributed by atoms with Crippen LogP contribution in [0.25, 0.3) is 5.57 Å². The smallest absolute Gasteiger partial charge is 0.338 e. The summed E-state index contributed by atoms with van der Waals surface area (Å²) in [7, 11) is 0. The van der Waals surface area contributed by atoms with Crippen molar-refractivity contribution < 1.29 is 14.3 Å². The summed E-state index contributed by atoms with van der Waals surface area (Å²) in [6.45, 7) is 6.31. The van der Waals surface area contributed by atoms with Gasteiger partial charge in [-0.1, -0.05) is 66.6 Å². The first kappa shape index (κ1) is 25.2. The van der Waals surface area contributed by atoms with E-state index < -0.39 is 12.0 Å². The van der Waals surface area contributed by atoms with Gasteiger partial charge in [0, 0.05) is 17.1 Å². The summed E-state index contributed by atoms with van der Waals surface area (Å²) in [4.78, 5) is 47.6. The van der Waals surface area contributed by atoms with Crippen LogP contribution in [0.15, 0.2) is 69.6 Å². The molecule has 5 rings (SSSR count). The number of benzene rings is 2. The number of fused-ring (bicyclic) bond motifs is 2. The lowest BCUT2D eigenvalue weighted by Gasteiger charge is -2.24. The van der Waals surface area contributed by atoms with Gasteiger partial charge in [0.1, 0.15) is 4.53 Å². The van der Waals surface area contributed by atoms with E-state index in [9.17, 15) is 14.4 Å². The van der Waals surface area contributed by atoms with Crippen LogP contribution in [-0.2, 0) is 14.3 Å². The molecule has 1 amide bonds. The van der Waals surface area contributed by atoms with Crippen molar-refractivity contribution in [1.82, 2.24) is 4.57 Å². The third-order valence-electron chi connectivity index (χ3n) is 6.56. The molecule has 0 saturated heterocycles. The molecule has 0 N–H and O–H groups in total. The fourth-order valence-corrected chi connectivity index (χ4v) is 6.10. The van der Waals surface area contributed by atoms with Gasteiger partial charge in [-0.2, -0.15) is 0 Å².